The van der Waals surface area contributed by atoms with Gasteiger partial charge in [-0.3, -0.25) is 0 Å². The minimum absolute atomic E-state index is 0.243. The number of hydrogen-bond donors (Lipinski definition) is 1. The van der Waals surface area contributed by atoms with Gasteiger partial charge >= 0.3 is 0 Å². The number of ether oxygens (including phenoxy) is 1. The lowest BCUT2D eigenvalue weighted by molar-refractivity contribution is 0.176. The third-order valence-corrected chi connectivity index (χ3v) is 3.79. The summed E-state index contributed by atoms with van der Waals surface area (Å²) in [7, 11) is 0. The molecule has 2 nitrogen and oxygen atoms in total. The fraction of sp³-hybridized carbons (Fsp3) is 0.529. The molecule has 2 atom stereocenters. The highest BCUT2D eigenvalue weighted by Crippen LogP contribution is 2.30. The first-order valence-electron chi connectivity index (χ1n) is 7.39. The van der Waals surface area contributed by atoms with Crippen LogP contribution in [0.2, 0.25) is 0 Å². The summed E-state index contributed by atoms with van der Waals surface area (Å²) >= 11 is 0. The fourth-order valence-electron chi connectivity index (χ4n) is 2.55. The van der Waals surface area contributed by atoms with Crippen molar-refractivity contribution in [2.75, 3.05) is 6.54 Å². The summed E-state index contributed by atoms with van der Waals surface area (Å²) in [5, 5.41) is 3.63. The Kier molecular flexibility index (Phi) is 5.03. The van der Waals surface area contributed by atoms with Crippen molar-refractivity contribution in [3.05, 3.63) is 42.0 Å². The maximum Gasteiger partial charge on any atom is 0.123 e. The van der Waals surface area contributed by atoms with Crippen LogP contribution in [0.5, 0.6) is 5.75 Å². The Labute approximate surface area is 116 Å². The van der Waals surface area contributed by atoms with Gasteiger partial charge in [-0.05, 0) is 37.4 Å². The summed E-state index contributed by atoms with van der Waals surface area (Å²) < 4.78 is 6.11. The molecule has 0 amide bonds. The highest BCUT2D eigenvalue weighted by molar-refractivity contribution is 5.37. The fourth-order valence-corrected chi connectivity index (χ4v) is 2.55. The molecule has 1 heterocycles. The van der Waals surface area contributed by atoms with E-state index in [9.17, 15) is 0 Å². The molecule has 0 aromatic heterocycles. The van der Waals surface area contributed by atoms with Crippen LogP contribution in [0.15, 0.2) is 36.4 Å². The maximum atomic E-state index is 6.11. The Balaban J connectivity index is 2.02. The van der Waals surface area contributed by atoms with Crippen molar-refractivity contribution in [3.8, 4) is 5.75 Å². The number of fused-ring (bicyclic) bond motifs is 1. The van der Waals surface area contributed by atoms with Gasteiger partial charge in [0.2, 0.25) is 0 Å². The van der Waals surface area contributed by atoms with Crippen molar-refractivity contribution in [2.45, 2.75) is 51.7 Å². The summed E-state index contributed by atoms with van der Waals surface area (Å²) in [5.41, 5.74) is 2.63. The molecule has 0 aliphatic carbocycles. The lowest BCUT2D eigenvalue weighted by atomic mass is 9.97. The predicted octanol–water partition coefficient (Wildman–Crippen LogP) is 3.71. The van der Waals surface area contributed by atoms with Crippen LogP contribution in [-0.4, -0.2) is 18.7 Å². The highest BCUT2D eigenvalue weighted by Gasteiger charge is 2.29. The molecular weight excluding hydrogens is 234 g/mol. The van der Waals surface area contributed by atoms with E-state index in [0.29, 0.717) is 6.04 Å². The third kappa shape index (κ3) is 3.60. The van der Waals surface area contributed by atoms with E-state index in [4.69, 9.17) is 4.74 Å². The van der Waals surface area contributed by atoms with Crippen molar-refractivity contribution in [1.29, 1.82) is 0 Å². The smallest absolute Gasteiger partial charge is 0.123 e. The standard InChI is InChI=1S/C17H25NO/c1-4-10-18-15(11-13(3)5-2)17-12-14-8-6-7-9-16(14)19-17/h6-9,15,17-18H,3-5,10-12H2,1-2H3. The van der Waals surface area contributed by atoms with Crippen LogP contribution in [-0.2, 0) is 6.42 Å². The molecule has 0 fully saturated rings. The van der Waals surface area contributed by atoms with Gasteiger partial charge in [0.25, 0.3) is 0 Å². The average molecular weight is 259 g/mol. The first kappa shape index (κ1) is 14.1. The topological polar surface area (TPSA) is 21.3 Å². The molecule has 1 aromatic carbocycles. The van der Waals surface area contributed by atoms with Gasteiger partial charge in [0.1, 0.15) is 11.9 Å². The highest BCUT2D eigenvalue weighted by atomic mass is 16.5. The van der Waals surface area contributed by atoms with E-state index in [0.717, 1.165) is 38.0 Å². The normalized spacial score (nSPS) is 18.7. The average Bonchev–Trinajstić information content (AvgIpc) is 2.86. The quantitative estimate of drug-likeness (QED) is 0.754. The van der Waals surface area contributed by atoms with Crippen LogP contribution in [0.1, 0.15) is 38.7 Å². The summed E-state index contributed by atoms with van der Waals surface area (Å²) in [4.78, 5) is 0. The minimum Gasteiger partial charge on any atom is -0.488 e. The third-order valence-electron chi connectivity index (χ3n) is 3.79. The van der Waals surface area contributed by atoms with E-state index in [-0.39, 0.29) is 6.10 Å². The van der Waals surface area contributed by atoms with Crippen molar-refractivity contribution in [1.82, 2.24) is 5.32 Å². The van der Waals surface area contributed by atoms with E-state index in [1.165, 1.54) is 11.1 Å². The Bertz CT molecular complexity index is 402. The van der Waals surface area contributed by atoms with Crippen molar-refractivity contribution in [3.63, 3.8) is 0 Å². The molecule has 0 bridgehead atoms. The van der Waals surface area contributed by atoms with Crippen LogP contribution in [0, 0.1) is 0 Å². The number of rotatable bonds is 7. The first-order chi connectivity index (χ1) is 9.24. The van der Waals surface area contributed by atoms with Gasteiger partial charge in [-0.25, -0.2) is 0 Å². The van der Waals surface area contributed by atoms with Crippen LogP contribution >= 0.6 is 0 Å². The molecule has 0 saturated carbocycles. The summed E-state index contributed by atoms with van der Waals surface area (Å²) in [5.74, 6) is 1.05. The molecule has 0 saturated heterocycles. The zero-order chi connectivity index (χ0) is 13.7. The van der Waals surface area contributed by atoms with E-state index in [1.807, 2.05) is 6.07 Å². The van der Waals surface area contributed by atoms with Crippen LogP contribution in [0.25, 0.3) is 0 Å². The van der Waals surface area contributed by atoms with Crippen LogP contribution in [0.3, 0.4) is 0 Å². The molecule has 0 spiro atoms. The van der Waals surface area contributed by atoms with Crippen molar-refractivity contribution < 1.29 is 4.74 Å². The predicted molar refractivity (Wildman–Crippen MR) is 80.7 cm³/mol. The zero-order valence-electron chi connectivity index (χ0n) is 12.1. The Morgan fingerprint density at radius 2 is 2.21 bits per heavy atom. The van der Waals surface area contributed by atoms with Crippen LogP contribution in [0.4, 0.5) is 0 Å². The lowest BCUT2D eigenvalue weighted by Gasteiger charge is -2.25. The molecule has 19 heavy (non-hydrogen) atoms. The van der Waals surface area contributed by atoms with Gasteiger partial charge in [0, 0.05) is 12.5 Å². The Hall–Kier alpha value is -1.28. The summed E-state index contributed by atoms with van der Waals surface area (Å²) in [6.45, 7) is 9.55. The molecule has 104 valence electrons. The SMILES string of the molecule is C=C(CC)CC(NCCC)C1Cc2ccccc2O1. The zero-order valence-corrected chi connectivity index (χ0v) is 12.1. The molecule has 2 heteroatoms. The maximum absolute atomic E-state index is 6.11. The van der Waals surface area contributed by atoms with Gasteiger partial charge < -0.3 is 10.1 Å². The number of nitrogens with one attached hydrogen (secondary N) is 1. The molecule has 1 N–H and O–H groups in total. The van der Waals surface area contributed by atoms with E-state index >= 15 is 0 Å². The largest absolute Gasteiger partial charge is 0.488 e. The Morgan fingerprint density at radius 1 is 1.42 bits per heavy atom. The second kappa shape index (κ2) is 6.76. The number of hydrogen-bond acceptors (Lipinski definition) is 2. The monoisotopic (exact) mass is 259 g/mol. The van der Waals surface area contributed by atoms with Gasteiger partial charge in [-0.2, -0.15) is 0 Å². The minimum atomic E-state index is 0.243. The number of benzene rings is 1. The molecule has 2 unspecified atom stereocenters. The van der Waals surface area contributed by atoms with E-state index in [1.54, 1.807) is 0 Å². The molecular formula is C17H25NO. The second-order valence-electron chi connectivity index (χ2n) is 5.34. The second-order valence-corrected chi connectivity index (χ2v) is 5.34. The lowest BCUT2D eigenvalue weighted by Crippen LogP contribution is -2.43. The molecule has 0 radical (unpaired) electrons. The Morgan fingerprint density at radius 3 is 2.89 bits per heavy atom. The van der Waals surface area contributed by atoms with Gasteiger partial charge in [-0.1, -0.05) is 44.2 Å². The first-order valence-corrected chi connectivity index (χ1v) is 7.39. The molecule has 1 aliphatic heterocycles. The van der Waals surface area contributed by atoms with Crippen molar-refractivity contribution in [2.24, 2.45) is 0 Å². The summed E-state index contributed by atoms with van der Waals surface area (Å²) in [6, 6.07) is 8.74. The van der Waals surface area contributed by atoms with E-state index < -0.39 is 0 Å². The van der Waals surface area contributed by atoms with E-state index in [2.05, 4.69) is 43.9 Å². The van der Waals surface area contributed by atoms with Crippen LogP contribution < -0.4 is 10.1 Å². The van der Waals surface area contributed by atoms with Gasteiger partial charge in [0.15, 0.2) is 0 Å². The van der Waals surface area contributed by atoms with Crippen molar-refractivity contribution >= 4 is 0 Å². The number of para-hydroxylation sites is 1. The molecule has 2 rings (SSSR count). The molecule has 1 aliphatic rings. The molecule has 1 aromatic rings. The van der Waals surface area contributed by atoms with Gasteiger partial charge in [0.05, 0.1) is 0 Å². The van der Waals surface area contributed by atoms with Gasteiger partial charge in [-0.15, -0.1) is 0 Å². The summed E-state index contributed by atoms with van der Waals surface area (Å²) in [6.07, 6.45) is 4.45.